The molecule has 2 nitrogen and oxygen atoms in total. The van der Waals surface area contributed by atoms with Gasteiger partial charge < -0.3 is 4.90 Å². The Kier molecular flexibility index (Phi) is 4.25. The number of carbonyl (C=O) groups excluding carboxylic acids is 1. The van der Waals surface area contributed by atoms with Crippen molar-refractivity contribution in [2.45, 2.75) is 19.4 Å². The van der Waals surface area contributed by atoms with Crippen LogP contribution in [0.25, 0.3) is 0 Å². The Morgan fingerprint density at radius 3 is 2.38 bits per heavy atom. The van der Waals surface area contributed by atoms with Crippen LogP contribution < -0.4 is 4.90 Å². The molecular weight excluding hydrogens is 349 g/mol. The van der Waals surface area contributed by atoms with Crippen molar-refractivity contribution < 1.29 is 9.18 Å². The fourth-order valence-corrected chi connectivity index (χ4v) is 3.67. The van der Waals surface area contributed by atoms with Crippen molar-refractivity contribution in [3.63, 3.8) is 0 Å². The number of hydrogen-bond acceptors (Lipinski definition) is 1. The molecule has 1 unspecified atom stereocenters. The average molecular weight is 366 g/mol. The number of nitrogens with zero attached hydrogens (tertiary/aromatic N) is 1. The molecule has 0 radical (unpaired) electrons. The second-order valence-corrected chi connectivity index (χ2v) is 7.01. The highest BCUT2D eigenvalue weighted by Crippen LogP contribution is 2.40. The molecule has 0 N–H and O–H groups in total. The quantitative estimate of drug-likeness (QED) is 0.590. The molecule has 3 aromatic rings. The van der Waals surface area contributed by atoms with Crippen LogP contribution >= 0.6 is 11.6 Å². The van der Waals surface area contributed by atoms with Gasteiger partial charge in [-0.1, -0.05) is 47.5 Å². The Morgan fingerprint density at radius 2 is 1.69 bits per heavy atom. The van der Waals surface area contributed by atoms with E-state index in [0.717, 1.165) is 22.3 Å². The van der Waals surface area contributed by atoms with Crippen molar-refractivity contribution in [1.82, 2.24) is 0 Å². The summed E-state index contributed by atoms with van der Waals surface area (Å²) < 4.78 is 13.4. The van der Waals surface area contributed by atoms with Crippen molar-refractivity contribution in [3.8, 4) is 0 Å². The minimum absolute atomic E-state index is 0.0167. The maximum atomic E-state index is 13.4. The van der Waals surface area contributed by atoms with Crippen molar-refractivity contribution in [3.05, 3.63) is 99.8 Å². The van der Waals surface area contributed by atoms with E-state index in [9.17, 15) is 9.18 Å². The Hall–Kier alpha value is -2.65. The van der Waals surface area contributed by atoms with Crippen LogP contribution in [0.15, 0.2) is 66.7 Å². The Balaban J connectivity index is 1.92. The topological polar surface area (TPSA) is 20.3 Å². The summed E-state index contributed by atoms with van der Waals surface area (Å²) in [5.41, 5.74) is 4.80. The molecule has 130 valence electrons. The molecule has 1 aliphatic heterocycles. The van der Waals surface area contributed by atoms with Crippen LogP contribution in [0.4, 0.5) is 10.1 Å². The number of anilines is 1. The number of rotatable bonds is 2. The Morgan fingerprint density at radius 1 is 1.00 bits per heavy atom. The molecule has 0 bridgehead atoms. The standard InChI is InChI=1S/C22H17ClFNO/c1-14-2-4-15(5-3-14)22-20-13-17(23)7-6-16(20)12-21(26)25(22)19-10-8-18(24)9-11-19/h2-11,13,22H,12H2,1H3. The normalized spacial score (nSPS) is 16.5. The lowest BCUT2D eigenvalue weighted by atomic mass is 9.87. The number of benzene rings is 3. The van der Waals surface area contributed by atoms with Crippen LogP contribution in [0.2, 0.25) is 5.02 Å². The predicted octanol–water partition coefficient (Wildman–Crippen LogP) is 5.47. The van der Waals surface area contributed by atoms with Crippen LogP contribution in [0.3, 0.4) is 0 Å². The lowest BCUT2D eigenvalue weighted by Crippen LogP contribution is -2.41. The zero-order chi connectivity index (χ0) is 18.3. The molecule has 0 spiro atoms. The van der Waals surface area contributed by atoms with Crippen molar-refractivity contribution in [1.29, 1.82) is 0 Å². The average Bonchev–Trinajstić information content (AvgIpc) is 2.63. The van der Waals surface area contributed by atoms with Gasteiger partial charge in [0.1, 0.15) is 5.82 Å². The van der Waals surface area contributed by atoms with Gasteiger partial charge in [0.05, 0.1) is 12.5 Å². The van der Waals surface area contributed by atoms with E-state index >= 15 is 0 Å². The molecule has 3 aromatic carbocycles. The summed E-state index contributed by atoms with van der Waals surface area (Å²) in [5.74, 6) is -0.342. The molecule has 0 saturated heterocycles. The summed E-state index contributed by atoms with van der Waals surface area (Å²) in [6.07, 6.45) is 0.298. The third-order valence-electron chi connectivity index (χ3n) is 4.77. The summed E-state index contributed by atoms with van der Waals surface area (Å²) in [6, 6.07) is 19.5. The minimum atomic E-state index is -0.325. The van der Waals surface area contributed by atoms with Gasteiger partial charge in [0.25, 0.3) is 0 Å². The maximum Gasteiger partial charge on any atom is 0.232 e. The fraction of sp³-hybridized carbons (Fsp3) is 0.136. The highest BCUT2D eigenvalue weighted by molar-refractivity contribution is 6.30. The summed E-state index contributed by atoms with van der Waals surface area (Å²) >= 11 is 6.25. The minimum Gasteiger partial charge on any atom is -0.300 e. The number of hydrogen-bond donors (Lipinski definition) is 0. The zero-order valence-electron chi connectivity index (χ0n) is 14.2. The molecule has 4 rings (SSSR count). The Bertz CT molecular complexity index is 966. The molecule has 0 aromatic heterocycles. The number of fused-ring (bicyclic) bond motifs is 1. The number of halogens is 2. The number of amides is 1. The van der Waals surface area contributed by atoms with Gasteiger partial charge in [0.15, 0.2) is 0 Å². The summed E-state index contributed by atoms with van der Waals surface area (Å²) in [7, 11) is 0. The number of aryl methyl sites for hydroxylation is 1. The molecule has 4 heteroatoms. The van der Waals surface area contributed by atoms with Gasteiger partial charge in [-0.3, -0.25) is 4.79 Å². The van der Waals surface area contributed by atoms with Gasteiger partial charge in [-0.2, -0.15) is 0 Å². The summed E-state index contributed by atoms with van der Waals surface area (Å²) in [4.78, 5) is 14.7. The third kappa shape index (κ3) is 2.99. The van der Waals surface area contributed by atoms with Crippen LogP contribution in [0, 0.1) is 12.7 Å². The molecule has 1 amide bonds. The first-order valence-electron chi connectivity index (χ1n) is 8.45. The smallest absolute Gasteiger partial charge is 0.232 e. The van der Waals surface area contributed by atoms with Crippen molar-refractivity contribution in [2.24, 2.45) is 0 Å². The van der Waals surface area contributed by atoms with Crippen LogP contribution in [0.5, 0.6) is 0 Å². The molecule has 1 aliphatic rings. The lowest BCUT2D eigenvalue weighted by Gasteiger charge is -2.38. The molecule has 1 heterocycles. The zero-order valence-corrected chi connectivity index (χ0v) is 15.0. The second kappa shape index (κ2) is 6.58. The van der Waals surface area contributed by atoms with E-state index < -0.39 is 0 Å². The van der Waals surface area contributed by atoms with Crippen LogP contribution in [-0.2, 0) is 11.2 Å². The van der Waals surface area contributed by atoms with Gasteiger partial charge in [-0.05, 0) is 60.0 Å². The largest absolute Gasteiger partial charge is 0.300 e. The summed E-state index contributed by atoms with van der Waals surface area (Å²) in [6.45, 7) is 2.03. The van der Waals surface area contributed by atoms with E-state index in [0.29, 0.717) is 17.1 Å². The molecule has 0 aliphatic carbocycles. The molecule has 1 atom stereocenters. The first-order chi connectivity index (χ1) is 12.5. The van der Waals surface area contributed by atoms with E-state index in [1.54, 1.807) is 17.0 Å². The van der Waals surface area contributed by atoms with Gasteiger partial charge in [0.2, 0.25) is 5.91 Å². The maximum absolute atomic E-state index is 13.4. The van der Waals surface area contributed by atoms with E-state index in [1.807, 2.05) is 49.4 Å². The predicted molar refractivity (Wildman–Crippen MR) is 102 cm³/mol. The Labute approximate surface area is 156 Å². The van der Waals surface area contributed by atoms with E-state index in [2.05, 4.69) is 0 Å². The fourth-order valence-electron chi connectivity index (χ4n) is 3.48. The van der Waals surface area contributed by atoms with Crippen molar-refractivity contribution in [2.75, 3.05) is 4.90 Å². The highest BCUT2D eigenvalue weighted by Gasteiger charge is 2.34. The highest BCUT2D eigenvalue weighted by atomic mass is 35.5. The SMILES string of the molecule is Cc1ccc(C2c3cc(Cl)ccc3CC(=O)N2c2ccc(F)cc2)cc1. The van der Waals surface area contributed by atoms with Crippen molar-refractivity contribution >= 4 is 23.2 Å². The van der Waals surface area contributed by atoms with Gasteiger partial charge in [0, 0.05) is 10.7 Å². The number of carbonyl (C=O) groups is 1. The third-order valence-corrected chi connectivity index (χ3v) is 5.00. The lowest BCUT2D eigenvalue weighted by molar-refractivity contribution is -0.118. The summed E-state index contributed by atoms with van der Waals surface area (Å²) in [5, 5.41) is 0.634. The second-order valence-electron chi connectivity index (χ2n) is 6.57. The molecule has 0 fully saturated rings. The van der Waals surface area contributed by atoms with E-state index in [1.165, 1.54) is 12.1 Å². The first kappa shape index (κ1) is 16.8. The molecule has 0 saturated carbocycles. The van der Waals surface area contributed by atoms with Crippen LogP contribution in [0.1, 0.15) is 28.3 Å². The van der Waals surface area contributed by atoms with Gasteiger partial charge in [-0.25, -0.2) is 4.39 Å². The van der Waals surface area contributed by atoms with E-state index in [-0.39, 0.29) is 17.8 Å². The van der Waals surface area contributed by atoms with Gasteiger partial charge in [-0.15, -0.1) is 0 Å². The van der Waals surface area contributed by atoms with Gasteiger partial charge >= 0.3 is 0 Å². The van der Waals surface area contributed by atoms with E-state index in [4.69, 9.17) is 11.6 Å². The first-order valence-corrected chi connectivity index (χ1v) is 8.83. The molecule has 26 heavy (non-hydrogen) atoms. The monoisotopic (exact) mass is 365 g/mol. The molecular formula is C22H17ClFNO. The van der Waals surface area contributed by atoms with Crippen LogP contribution in [-0.4, -0.2) is 5.91 Å².